The third-order valence-corrected chi connectivity index (χ3v) is 11.4. The van der Waals surface area contributed by atoms with E-state index in [1.165, 1.54) is 23.5 Å². The van der Waals surface area contributed by atoms with Crippen LogP contribution in [0, 0.1) is 0 Å². The lowest BCUT2D eigenvalue weighted by Crippen LogP contribution is -2.02. The Kier molecular flexibility index (Phi) is 12.8. The van der Waals surface area contributed by atoms with Gasteiger partial charge in [0.15, 0.2) is 10.3 Å². The molecule has 0 spiro atoms. The summed E-state index contributed by atoms with van der Waals surface area (Å²) in [6.45, 7) is -0.705. The van der Waals surface area contributed by atoms with Gasteiger partial charge in [0.2, 0.25) is 0 Å². The third-order valence-electron chi connectivity index (χ3n) is 8.55. The molecule has 0 radical (unpaired) electrons. The van der Waals surface area contributed by atoms with E-state index in [1.54, 1.807) is 33.4 Å². The van der Waals surface area contributed by atoms with Crippen molar-refractivity contribution in [1.82, 2.24) is 19.1 Å². The molecule has 0 aliphatic carbocycles. The van der Waals surface area contributed by atoms with Crippen molar-refractivity contribution in [3.05, 3.63) is 119 Å². The maximum Gasteiger partial charge on any atom is 0.471 e. The fraction of sp³-hybridized carbons (Fsp3) is 0.105. The Balaban J connectivity index is 0.000000177. The van der Waals surface area contributed by atoms with Crippen molar-refractivity contribution >= 4 is 106 Å². The Bertz CT molecular complexity index is 2890. The van der Waals surface area contributed by atoms with Gasteiger partial charge in [-0.25, -0.2) is 19.1 Å². The summed E-state index contributed by atoms with van der Waals surface area (Å²) in [6, 6.07) is 33.9. The van der Waals surface area contributed by atoms with Crippen LogP contribution in [0.1, 0.15) is 0 Å². The number of ether oxygens (including phenoxy) is 2. The molecule has 2 aromatic heterocycles. The number of fused-ring (bicyclic) bond motifs is 4. The van der Waals surface area contributed by atoms with E-state index < -0.39 is 15.6 Å². The molecule has 14 nitrogen and oxygen atoms in total. The summed E-state index contributed by atoms with van der Waals surface area (Å²) in [5, 5.41) is 5.76. The average Bonchev–Trinajstić information content (AvgIpc) is 3.72. The first kappa shape index (κ1) is 42.0. The molecule has 0 saturated carbocycles. The number of halogens is 2. The van der Waals surface area contributed by atoms with Gasteiger partial charge in [0.1, 0.15) is 36.5 Å². The Morgan fingerprint density at radius 3 is 1.47 bits per heavy atom. The molecule has 58 heavy (non-hydrogen) atoms. The highest BCUT2D eigenvalue weighted by atomic mass is 35.5. The molecule has 0 fully saturated rings. The van der Waals surface area contributed by atoms with Gasteiger partial charge in [0.25, 0.3) is 0 Å². The van der Waals surface area contributed by atoms with E-state index in [-0.39, 0.29) is 13.5 Å². The zero-order valence-corrected chi connectivity index (χ0v) is 35.2. The summed E-state index contributed by atoms with van der Waals surface area (Å²) < 4.78 is 46.8. The Morgan fingerprint density at radius 1 is 0.569 bits per heavy atom. The minimum absolute atomic E-state index is 0.343. The minimum atomic E-state index is -4.63. The summed E-state index contributed by atoms with van der Waals surface area (Å²) in [6.07, 6.45) is 3.62. The molecule has 0 aliphatic rings. The first-order valence-corrected chi connectivity index (χ1v) is 23.2. The molecule has 4 N–H and O–H groups in total. The van der Waals surface area contributed by atoms with Crippen molar-refractivity contribution < 1.29 is 47.2 Å². The number of thioether (sulfide) groups is 2. The zero-order chi connectivity index (χ0) is 41.2. The monoisotopic (exact) mass is 900 g/mol. The first-order valence-electron chi connectivity index (χ1n) is 16.9. The quantitative estimate of drug-likeness (QED) is 0.0670. The molecule has 0 atom stereocenters. The molecule has 0 bridgehead atoms. The van der Waals surface area contributed by atoms with Crippen LogP contribution in [-0.2, 0) is 31.6 Å². The molecular weight excluding hydrogens is 869 g/mol. The Labute approximate surface area is 349 Å². The number of aromatic nitrogens is 4. The molecule has 0 unspecified atom stereocenters. The molecule has 8 rings (SSSR count). The van der Waals surface area contributed by atoms with E-state index in [1.807, 2.05) is 97.4 Å². The van der Waals surface area contributed by atoms with Crippen LogP contribution in [-0.4, -0.2) is 51.2 Å². The highest BCUT2D eigenvalue weighted by Crippen LogP contribution is 2.42. The van der Waals surface area contributed by atoms with Crippen molar-refractivity contribution in [3.8, 4) is 23.0 Å². The van der Waals surface area contributed by atoms with Gasteiger partial charge in [-0.1, -0.05) is 120 Å². The lowest BCUT2D eigenvalue weighted by Gasteiger charge is -2.12. The second-order valence-electron chi connectivity index (χ2n) is 12.3. The molecular formula is C38H32Cl2N4O10P2S2. The fourth-order valence-electron chi connectivity index (χ4n) is 6.00. The molecule has 20 heteroatoms. The van der Waals surface area contributed by atoms with Crippen LogP contribution < -0.4 is 9.47 Å². The third kappa shape index (κ3) is 9.67. The minimum Gasteiger partial charge on any atom is -0.455 e. The standard InChI is InChI=1S/2C19H16ClN2O5PS/c1-29-19-21-15-10-18(14(20)9-16(15)22(19)11-26-28(23,24)25)27-17-8-4-6-12-5-2-3-7-13(12)17;1-29-19-21-15-9-14(20)18(10-16(15)22(19)11-26-28(23,24)25)27-17-8-4-6-12-5-2-3-7-13(12)17/h2*2-10H,11H2,1H3,(H2,23,24,25). The van der Waals surface area contributed by atoms with Gasteiger partial charge in [-0.3, -0.25) is 18.2 Å². The van der Waals surface area contributed by atoms with Gasteiger partial charge in [0.05, 0.1) is 32.1 Å². The van der Waals surface area contributed by atoms with Gasteiger partial charge < -0.3 is 29.0 Å². The number of benzene rings is 6. The van der Waals surface area contributed by atoms with E-state index in [4.69, 9.17) is 52.2 Å². The van der Waals surface area contributed by atoms with Crippen LogP contribution in [0.4, 0.5) is 0 Å². The van der Waals surface area contributed by atoms with E-state index in [0.717, 1.165) is 21.5 Å². The topological polar surface area (TPSA) is 188 Å². The smallest absolute Gasteiger partial charge is 0.455 e. The first-order chi connectivity index (χ1) is 27.7. The second-order valence-corrected chi connectivity index (χ2v) is 17.1. The van der Waals surface area contributed by atoms with Crippen LogP contribution in [0.25, 0.3) is 43.6 Å². The number of hydrogen-bond donors (Lipinski definition) is 4. The van der Waals surface area contributed by atoms with Gasteiger partial charge in [-0.05, 0) is 47.5 Å². The van der Waals surface area contributed by atoms with E-state index in [9.17, 15) is 9.13 Å². The number of hydrogen-bond acceptors (Lipinski definition) is 10. The number of imidazole rings is 2. The van der Waals surface area contributed by atoms with Crippen molar-refractivity contribution in [2.24, 2.45) is 0 Å². The maximum atomic E-state index is 11.1. The second kappa shape index (κ2) is 17.6. The zero-order valence-electron chi connectivity index (χ0n) is 30.3. The largest absolute Gasteiger partial charge is 0.471 e. The van der Waals surface area contributed by atoms with Gasteiger partial charge in [0, 0.05) is 22.9 Å². The molecule has 300 valence electrons. The van der Waals surface area contributed by atoms with Crippen LogP contribution in [0.3, 0.4) is 0 Å². The molecule has 8 aromatic rings. The van der Waals surface area contributed by atoms with Crippen molar-refractivity contribution in [2.45, 2.75) is 23.8 Å². The van der Waals surface area contributed by atoms with Crippen molar-refractivity contribution in [3.63, 3.8) is 0 Å². The summed E-state index contributed by atoms with van der Waals surface area (Å²) in [5.41, 5.74) is 2.31. The number of rotatable bonds is 12. The van der Waals surface area contributed by atoms with E-state index >= 15 is 0 Å². The van der Waals surface area contributed by atoms with E-state index in [0.29, 0.717) is 65.4 Å². The van der Waals surface area contributed by atoms with Crippen molar-refractivity contribution in [2.75, 3.05) is 12.5 Å². The predicted molar refractivity (Wildman–Crippen MR) is 227 cm³/mol. The van der Waals surface area contributed by atoms with Gasteiger partial charge >= 0.3 is 15.6 Å². The number of nitrogens with zero attached hydrogens (tertiary/aromatic N) is 4. The van der Waals surface area contributed by atoms with Crippen LogP contribution >= 0.6 is 62.4 Å². The summed E-state index contributed by atoms with van der Waals surface area (Å²) in [5.74, 6) is 2.15. The van der Waals surface area contributed by atoms with Crippen LogP contribution in [0.5, 0.6) is 23.0 Å². The molecule has 0 amide bonds. The van der Waals surface area contributed by atoms with Crippen LogP contribution in [0.2, 0.25) is 10.0 Å². The molecule has 2 heterocycles. The summed E-state index contributed by atoms with van der Waals surface area (Å²) in [7, 11) is -9.26. The maximum absolute atomic E-state index is 11.1. The summed E-state index contributed by atoms with van der Waals surface area (Å²) >= 11 is 15.5. The normalized spacial score (nSPS) is 12.0. The highest BCUT2D eigenvalue weighted by molar-refractivity contribution is 7.98. The Hall–Kier alpha value is -4.12. The highest BCUT2D eigenvalue weighted by Gasteiger charge is 2.21. The average molecular weight is 902 g/mol. The number of phosphoric acid groups is 2. The molecule has 0 saturated heterocycles. The predicted octanol–water partition coefficient (Wildman–Crippen LogP) is 10.8. The van der Waals surface area contributed by atoms with Crippen molar-refractivity contribution in [1.29, 1.82) is 0 Å². The molecule has 6 aromatic carbocycles. The van der Waals surface area contributed by atoms with Crippen LogP contribution in [0.15, 0.2) is 120 Å². The Morgan fingerprint density at radius 2 is 0.983 bits per heavy atom. The molecule has 0 aliphatic heterocycles. The lowest BCUT2D eigenvalue weighted by atomic mass is 10.1. The van der Waals surface area contributed by atoms with E-state index in [2.05, 4.69) is 19.0 Å². The summed E-state index contributed by atoms with van der Waals surface area (Å²) in [4.78, 5) is 45.0. The fourth-order valence-corrected chi connectivity index (χ4v) is 8.05. The van der Waals surface area contributed by atoms with Gasteiger partial charge in [-0.2, -0.15) is 0 Å². The number of phosphoric ester groups is 2. The lowest BCUT2D eigenvalue weighted by molar-refractivity contribution is 0.149. The SMILES string of the molecule is CSc1nc2cc(Cl)c(Oc3cccc4ccccc34)cc2n1COP(=O)(O)O.CSc1nc2cc(Oc3cccc4ccccc34)c(Cl)cc2n1COP(=O)(O)O. The van der Waals surface area contributed by atoms with Gasteiger partial charge in [-0.15, -0.1) is 0 Å².